The van der Waals surface area contributed by atoms with E-state index in [1.807, 2.05) is 6.92 Å². The molecule has 1 fully saturated rings. The Morgan fingerprint density at radius 2 is 2.25 bits per heavy atom. The van der Waals surface area contributed by atoms with Crippen LogP contribution in [-0.2, 0) is 13.0 Å². The summed E-state index contributed by atoms with van der Waals surface area (Å²) in [5.41, 5.74) is 8.51. The lowest BCUT2D eigenvalue weighted by molar-refractivity contribution is 0.529. The average Bonchev–Trinajstić information content (AvgIpc) is 3.01. The van der Waals surface area contributed by atoms with Gasteiger partial charge in [0.2, 0.25) is 0 Å². The molecule has 0 radical (unpaired) electrons. The van der Waals surface area contributed by atoms with E-state index in [0.29, 0.717) is 0 Å². The van der Waals surface area contributed by atoms with Crippen LogP contribution in [-0.4, -0.2) is 15.8 Å². The third-order valence-corrected chi connectivity index (χ3v) is 4.27. The monoisotopic (exact) mass is 285 g/mol. The Morgan fingerprint density at radius 3 is 2.81 bits per heavy atom. The van der Waals surface area contributed by atoms with Crippen molar-refractivity contribution in [2.24, 2.45) is 11.7 Å². The quantitative estimate of drug-likeness (QED) is 0.904. The highest BCUT2D eigenvalue weighted by atomic mass is 79.9. The van der Waals surface area contributed by atoms with E-state index in [9.17, 15) is 0 Å². The summed E-state index contributed by atoms with van der Waals surface area (Å²) in [4.78, 5) is 0. The van der Waals surface area contributed by atoms with Gasteiger partial charge in [-0.1, -0.05) is 12.8 Å². The molecule has 1 heterocycles. The van der Waals surface area contributed by atoms with Crippen molar-refractivity contribution in [1.29, 1.82) is 0 Å². The number of nitrogens with zero attached hydrogens (tertiary/aromatic N) is 2. The Bertz CT molecular complexity index is 369. The van der Waals surface area contributed by atoms with E-state index in [4.69, 9.17) is 5.73 Å². The maximum atomic E-state index is 6.19. The van der Waals surface area contributed by atoms with Gasteiger partial charge < -0.3 is 5.73 Å². The summed E-state index contributed by atoms with van der Waals surface area (Å²) in [7, 11) is 0. The molecule has 2 N–H and O–H groups in total. The summed E-state index contributed by atoms with van der Waals surface area (Å²) in [6.07, 6.45) is 4.86. The van der Waals surface area contributed by atoms with Gasteiger partial charge in [-0.2, -0.15) is 5.10 Å². The van der Waals surface area contributed by atoms with Gasteiger partial charge in [0, 0.05) is 19.0 Å². The minimum atomic E-state index is 0.283. The zero-order chi connectivity index (χ0) is 11.7. The van der Waals surface area contributed by atoms with Crippen LogP contribution in [0.1, 0.15) is 37.6 Å². The fourth-order valence-corrected chi connectivity index (χ4v) is 2.62. The Morgan fingerprint density at radius 1 is 1.56 bits per heavy atom. The van der Waals surface area contributed by atoms with Gasteiger partial charge >= 0.3 is 0 Å². The van der Waals surface area contributed by atoms with E-state index < -0.39 is 0 Å². The average molecular weight is 286 g/mol. The molecular weight excluding hydrogens is 266 g/mol. The number of aryl methyl sites for hydroxylation is 2. The number of aromatic nitrogens is 2. The highest BCUT2D eigenvalue weighted by Crippen LogP contribution is 2.34. The number of hydrogen-bond donors (Lipinski definition) is 1. The summed E-state index contributed by atoms with van der Waals surface area (Å²) in [6.45, 7) is 5.07. The smallest absolute Gasteiger partial charge is 0.0738 e. The summed E-state index contributed by atoms with van der Waals surface area (Å²) in [5.74, 6) is 0.896. The molecule has 4 heteroatoms. The molecule has 0 spiro atoms. The fourth-order valence-electron chi connectivity index (χ4n) is 2.18. The van der Waals surface area contributed by atoms with Crippen LogP contribution in [0.4, 0.5) is 0 Å². The Labute approximate surface area is 106 Å². The largest absolute Gasteiger partial charge is 0.327 e. The molecule has 0 aliphatic heterocycles. The topological polar surface area (TPSA) is 43.8 Å². The first kappa shape index (κ1) is 12.1. The van der Waals surface area contributed by atoms with E-state index in [1.165, 1.54) is 25.0 Å². The lowest BCUT2D eigenvalue weighted by atomic mass is 10.1. The first-order valence-corrected chi connectivity index (χ1v) is 6.88. The predicted octanol–water partition coefficient (Wildman–Crippen LogP) is 2.64. The maximum Gasteiger partial charge on any atom is 0.0738 e. The van der Waals surface area contributed by atoms with Crippen LogP contribution in [0, 0.1) is 12.8 Å². The number of nitrogens with two attached hydrogens (primary N) is 1. The molecule has 16 heavy (non-hydrogen) atoms. The third-order valence-electron chi connectivity index (χ3n) is 3.24. The molecule has 90 valence electrons. The van der Waals surface area contributed by atoms with Gasteiger partial charge in [0.05, 0.1) is 15.9 Å². The summed E-state index contributed by atoms with van der Waals surface area (Å²) in [5, 5.41) is 4.49. The van der Waals surface area contributed by atoms with Crippen molar-refractivity contribution >= 4 is 15.9 Å². The van der Waals surface area contributed by atoms with Gasteiger partial charge in [0.1, 0.15) is 0 Å². The summed E-state index contributed by atoms with van der Waals surface area (Å²) < 4.78 is 3.20. The van der Waals surface area contributed by atoms with Crippen molar-refractivity contribution in [3.8, 4) is 0 Å². The lowest BCUT2D eigenvalue weighted by Gasteiger charge is -2.12. The van der Waals surface area contributed by atoms with Crippen molar-refractivity contribution in [3.05, 3.63) is 15.9 Å². The molecular formula is C12H20BrN3. The van der Waals surface area contributed by atoms with Gasteiger partial charge in [0.25, 0.3) is 0 Å². The highest BCUT2D eigenvalue weighted by Gasteiger charge is 2.25. The van der Waals surface area contributed by atoms with E-state index in [2.05, 4.69) is 32.6 Å². The molecule has 0 aromatic carbocycles. The minimum Gasteiger partial charge on any atom is -0.327 e. The SMILES string of the molecule is CCn1nc(C)c(Br)c1CC(N)CC1CC1. The van der Waals surface area contributed by atoms with E-state index >= 15 is 0 Å². The van der Waals surface area contributed by atoms with Crippen LogP contribution in [0.2, 0.25) is 0 Å². The van der Waals surface area contributed by atoms with Gasteiger partial charge in [-0.25, -0.2) is 0 Å². The van der Waals surface area contributed by atoms with Crippen molar-refractivity contribution in [1.82, 2.24) is 9.78 Å². The Hall–Kier alpha value is -0.350. The standard InChI is InChI=1S/C12H20BrN3/c1-3-16-11(12(13)8(2)15-16)7-10(14)6-9-4-5-9/h9-10H,3-7,14H2,1-2H3. The second kappa shape index (κ2) is 4.88. The fraction of sp³-hybridized carbons (Fsp3) is 0.750. The van der Waals surface area contributed by atoms with Crippen LogP contribution < -0.4 is 5.73 Å². The number of hydrogen-bond acceptors (Lipinski definition) is 2. The number of rotatable bonds is 5. The molecule has 1 atom stereocenters. The predicted molar refractivity (Wildman–Crippen MR) is 69.4 cm³/mol. The molecule has 1 unspecified atom stereocenters. The Kier molecular flexibility index (Phi) is 3.70. The molecule has 1 aliphatic rings. The molecule has 1 aliphatic carbocycles. The zero-order valence-corrected chi connectivity index (χ0v) is 11.6. The van der Waals surface area contributed by atoms with Gasteiger partial charge in [-0.15, -0.1) is 0 Å². The highest BCUT2D eigenvalue weighted by molar-refractivity contribution is 9.10. The van der Waals surface area contributed by atoms with Crippen LogP contribution in [0.25, 0.3) is 0 Å². The molecule has 1 aromatic heterocycles. The van der Waals surface area contributed by atoms with E-state index in [-0.39, 0.29) is 6.04 Å². The van der Waals surface area contributed by atoms with E-state index in [0.717, 1.165) is 29.1 Å². The second-order valence-electron chi connectivity index (χ2n) is 4.81. The first-order chi connectivity index (χ1) is 7.61. The van der Waals surface area contributed by atoms with Crippen LogP contribution in [0.3, 0.4) is 0 Å². The van der Waals surface area contributed by atoms with Crippen LogP contribution in [0.15, 0.2) is 4.47 Å². The summed E-state index contributed by atoms with van der Waals surface area (Å²) >= 11 is 3.61. The van der Waals surface area contributed by atoms with Gasteiger partial charge in [-0.05, 0) is 42.1 Å². The maximum absolute atomic E-state index is 6.19. The molecule has 2 rings (SSSR count). The normalized spacial score (nSPS) is 17.8. The summed E-state index contributed by atoms with van der Waals surface area (Å²) in [6, 6.07) is 0.283. The number of halogens is 1. The van der Waals surface area contributed by atoms with Gasteiger partial charge in [-0.3, -0.25) is 4.68 Å². The van der Waals surface area contributed by atoms with Crippen molar-refractivity contribution in [2.75, 3.05) is 0 Å². The van der Waals surface area contributed by atoms with E-state index in [1.54, 1.807) is 0 Å². The minimum absolute atomic E-state index is 0.283. The molecule has 0 bridgehead atoms. The van der Waals surface area contributed by atoms with Crippen LogP contribution in [0.5, 0.6) is 0 Å². The third kappa shape index (κ3) is 2.66. The second-order valence-corrected chi connectivity index (χ2v) is 5.60. The van der Waals surface area contributed by atoms with Crippen molar-refractivity contribution in [2.45, 2.75) is 52.1 Å². The zero-order valence-electron chi connectivity index (χ0n) is 10.0. The van der Waals surface area contributed by atoms with Crippen molar-refractivity contribution < 1.29 is 0 Å². The Balaban J connectivity index is 2.06. The lowest BCUT2D eigenvalue weighted by Crippen LogP contribution is -2.25. The van der Waals surface area contributed by atoms with Crippen molar-refractivity contribution in [3.63, 3.8) is 0 Å². The molecule has 1 aromatic rings. The molecule has 3 nitrogen and oxygen atoms in total. The van der Waals surface area contributed by atoms with Crippen LogP contribution >= 0.6 is 15.9 Å². The first-order valence-electron chi connectivity index (χ1n) is 6.09. The molecule has 0 saturated heterocycles. The molecule has 1 saturated carbocycles. The molecule has 0 amide bonds. The van der Waals surface area contributed by atoms with Gasteiger partial charge in [0.15, 0.2) is 0 Å².